The van der Waals surface area contributed by atoms with Crippen molar-refractivity contribution in [3.8, 4) is 0 Å². The van der Waals surface area contributed by atoms with E-state index in [1.54, 1.807) is 11.3 Å². The second-order valence-electron chi connectivity index (χ2n) is 5.57. The standard InChI is InChI=1S/C19H17BrN2O2S/c20-17-9-8-15(25-17)11-21-19(24)12-22-18(23)10-14-6-3-5-13-4-1-2-7-16(13)14/h1-9H,10-12H2,(H,21,24)(H,22,23). The molecular weight excluding hydrogens is 400 g/mol. The van der Waals surface area contributed by atoms with E-state index in [9.17, 15) is 9.59 Å². The molecule has 0 fully saturated rings. The highest BCUT2D eigenvalue weighted by atomic mass is 79.9. The minimum atomic E-state index is -0.198. The number of thiophene rings is 1. The monoisotopic (exact) mass is 416 g/mol. The summed E-state index contributed by atoms with van der Waals surface area (Å²) in [6.45, 7) is 0.449. The first-order valence-corrected chi connectivity index (χ1v) is 9.47. The van der Waals surface area contributed by atoms with E-state index in [0.717, 1.165) is 25.0 Å². The number of carbonyl (C=O) groups is 2. The fourth-order valence-corrected chi connectivity index (χ4v) is 3.98. The summed E-state index contributed by atoms with van der Waals surface area (Å²) in [7, 11) is 0. The van der Waals surface area contributed by atoms with Gasteiger partial charge in [0.1, 0.15) is 0 Å². The molecule has 3 rings (SSSR count). The molecule has 2 N–H and O–H groups in total. The van der Waals surface area contributed by atoms with Crippen molar-refractivity contribution in [3.63, 3.8) is 0 Å². The van der Waals surface area contributed by atoms with Gasteiger partial charge in [0.15, 0.2) is 0 Å². The van der Waals surface area contributed by atoms with Crippen LogP contribution in [-0.2, 0) is 22.6 Å². The second-order valence-corrected chi connectivity index (χ2v) is 8.12. The lowest BCUT2D eigenvalue weighted by Crippen LogP contribution is -2.37. The van der Waals surface area contributed by atoms with Crippen molar-refractivity contribution in [1.82, 2.24) is 10.6 Å². The van der Waals surface area contributed by atoms with E-state index in [2.05, 4.69) is 26.6 Å². The third kappa shape index (κ3) is 4.90. The molecule has 0 bridgehead atoms. The fraction of sp³-hybridized carbons (Fsp3) is 0.158. The van der Waals surface area contributed by atoms with E-state index in [1.165, 1.54) is 0 Å². The molecule has 2 amide bonds. The van der Waals surface area contributed by atoms with Crippen LogP contribution in [0.3, 0.4) is 0 Å². The highest BCUT2D eigenvalue weighted by molar-refractivity contribution is 9.11. The van der Waals surface area contributed by atoms with E-state index < -0.39 is 0 Å². The maximum absolute atomic E-state index is 12.1. The molecule has 2 aromatic carbocycles. The number of carbonyl (C=O) groups excluding carboxylic acids is 2. The van der Waals surface area contributed by atoms with Gasteiger partial charge in [-0.25, -0.2) is 0 Å². The highest BCUT2D eigenvalue weighted by Gasteiger charge is 2.09. The Hall–Kier alpha value is -2.18. The highest BCUT2D eigenvalue weighted by Crippen LogP contribution is 2.21. The first kappa shape index (κ1) is 17.6. The van der Waals surface area contributed by atoms with Gasteiger partial charge in [0.25, 0.3) is 0 Å². The fourth-order valence-electron chi connectivity index (χ4n) is 2.56. The number of amides is 2. The lowest BCUT2D eigenvalue weighted by molar-refractivity contribution is -0.125. The van der Waals surface area contributed by atoms with Gasteiger partial charge in [-0.05, 0) is 44.4 Å². The summed E-state index contributed by atoms with van der Waals surface area (Å²) in [5, 5.41) is 7.64. The second kappa shape index (κ2) is 8.27. The SMILES string of the molecule is O=C(CNC(=O)Cc1cccc2ccccc12)NCc1ccc(Br)s1. The molecule has 0 saturated carbocycles. The first-order chi connectivity index (χ1) is 12.1. The lowest BCUT2D eigenvalue weighted by atomic mass is 10.0. The number of nitrogens with one attached hydrogen (secondary N) is 2. The largest absolute Gasteiger partial charge is 0.350 e. The van der Waals surface area contributed by atoms with E-state index in [1.807, 2.05) is 54.6 Å². The van der Waals surface area contributed by atoms with Gasteiger partial charge in [0.05, 0.1) is 23.3 Å². The van der Waals surface area contributed by atoms with Crippen LogP contribution in [0.1, 0.15) is 10.4 Å². The van der Waals surface area contributed by atoms with Gasteiger partial charge in [-0.15, -0.1) is 11.3 Å². The topological polar surface area (TPSA) is 58.2 Å². The van der Waals surface area contributed by atoms with Crippen LogP contribution in [0.5, 0.6) is 0 Å². The molecule has 0 aliphatic carbocycles. The summed E-state index contributed by atoms with van der Waals surface area (Å²) in [5.74, 6) is -0.360. The Bertz CT molecular complexity index is 902. The first-order valence-electron chi connectivity index (χ1n) is 7.86. The number of halogens is 1. The maximum Gasteiger partial charge on any atom is 0.239 e. The predicted octanol–water partition coefficient (Wildman–Crippen LogP) is 3.64. The van der Waals surface area contributed by atoms with Crippen molar-refractivity contribution < 1.29 is 9.59 Å². The Labute approximate surface area is 158 Å². The predicted molar refractivity (Wildman–Crippen MR) is 105 cm³/mol. The number of hydrogen-bond donors (Lipinski definition) is 2. The molecule has 1 heterocycles. The molecule has 0 saturated heterocycles. The Kier molecular flexibility index (Phi) is 5.83. The summed E-state index contributed by atoms with van der Waals surface area (Å²) >= 11 is 4.96. The van der Waals surface area contributed by atoms with Crippen molar-refractivity contribution in [2.24, 2.45) is 0 Å². The normalized spacial score (nSPS) is 10.6. The number of hydrogen-bond acceptors (Lipinski definition) is 3. The van der Waals surface area contributed by atoms with Crippen LogP contribution in [0.15, 0.2) is 58.4 Å². The zero-order valence-corrected chi connectivity index (χ0v) is 15.8. The molecule has 0 atom stereocenters. The van der Waals surface area contributed by atoms with Crippen LogP contribution >= 0.6 is 27.3 Å². The minimum absolute atomic E-state index is 0.0177. The van der Waals surface area contributed by atoms with Crippen molar-refractivity contribution in [1.29, 1.82) is 0 Å². The van der Waals surface area contributed by atoms with Gasteiger partial charge in [-0.2, -0.15) is 0 Å². The van der Waals surface area contributed by atoms with Crippen molar-refractivity contribution >= 4 is 49.9 Å². The molecule has 128 valence electrons. The average Bonchev–Trinajstić information content (AvgIpc) is 3.04. The van der Waals surface area contributed by atoms with E-state index in [4.69, 9.17) is 0 Å². The molecule has 4 nitrogen and oxygen atoms in total. The molecule has 3 aromatic rings. The summed E-state index contributed by atoms with van der Waals surface area (Å²) in [6, 6.07) is 17.8. The summed E-state index contributed by atoms with van der Waals surface area (Å²) in [4.78, 5) is 25.1. The van der Waals surface area contributed by atoms with Gasteiger partial charge in [0.2, 0.25) is 11.8 Å². The lowest BCUT2D eigenvalue weighted by Gasteiger charge is -2.08. The average molecular weight is 417 g/mol. The minimum Gasteiger partial charge on any atom is -0.350 e. The summed E-state index contributed by atoms with van der Waals surface area (Å²) < 4.78 is 1.03. The molecule has 1 aromatic heterocycles. The summed E-state index contributed by atoms with van der Waals surface area (Å²) in [6.07, 6.45) is 0.256. The zero-order chi connectivity index (χ0) is 17.6. The maximum atomic E-state index is 12.1. The van der Waals surface area contributed by atoms with Crippen LogP contribution in [0, 0.1) is 0 Å². The van der Waals surface area contributed by atoms with Crippen LogP contribution < -0.4 is 10.6 Å². The van der Waals surface area contributed by atoms with Crippen molar-refractivity contribution in [2.75, 3.05) is 6.54 Å². The third-order valence-corrected chi connectivity index (χ3v) is 5.39. The van der Waals surface area contributed by atoms with Gasteiger partial charge in [-0.1, -0.05) is 42.5 Å². The molecule has 0 aliphatic heterocycles. The van der Waals surface area contributed by atoms with Gasteiger partial charge in [0, 0.05) is 4.88 Å². The van der Waals surface area contributed by atoms with Gasteiger partial charge >= 0.3 is 0 Å². The quantitative estimate of drug-likeness (QED) is 0.644. The Morgan fingerprint density at radius 1 is 0.920 bits per heavy atom. The molecule has 0 aliphatic rings. The molecular formula is C19H17BrN2O2S. The van der Waals surface area contributed by atoms with Crippen LogP contribution in [0.2, 0.25) is 0 Å². The number of rotatable bonds is 6. The van der Waals surface area contributed by atoms with Gasteiger partial charge in [-0.3, -0.25) is 9.59 Å². The molecule has 0 radical (unpaired) electrons. The van der Waals surface area contributed by atoms with Gasteiger partial charge < -0.3 is 10.6 Å². The van der Waals surface area contributed by atoms with Crippen molar-refractivity contribution in [2.45, 2.75) is 13.0 Å². The number of benzene rings is 2. The van der Waals surface area contributed by atoms with Crippen molar-refractivity contribution in [3.05, 3.63) is 68.8 Å². The smallest absolute Gasteiger partial charge is 0.239 e. The van der Waals surface area contributed by atoms with E-state index in [0.29, 0.717) is 6.54 Å². The Balaban J connectivity index is 1.49. The number of fused-ring (bicyclic) bond motifs is 1. The van der Waals surface area contributed by atoms with Crippen LogP contribution in [0.4, 0.5) is 0 Å². The molecule has 0 spiro atoms. The molecule has 25 heavy (non-hydrogen) atoms. The summed E-state index contributed by atoms with van der Waals surface area (Å²) in [5.41, 5.74) is 0.958. The third-order valence-electron chi connectivity index (χ3n) is 3.77. The Morgan fingerprint density at radius 3 is 2.52 bits per heavy atom. The van der Waals surface area contributed by atoms with Crippen LogP contribution in [-0.4, -0.2) is 18.4 Å². The van der Waals surface area contributed by atoms with Crippen LogP contribution in [0.25, 0.3) is 10.8 Å². The Morgan fingerprint density at radius 2 is 1.72 bits per heavy atom. The molecule has 0 unspecified atom stereocenters. The van der Waals surface area contributed by atoms with E-state index in [-0.39, 0.29) is 24.8 Å². The zero-order valence-electron chi connectivity index (χ0n) is 13.4. The van der Waals surface area contributed by atoms with E-state index >= 15 is 0 Å². The molecule has 6 heteroatoms.